The zero-order valence-electron chi connectivity index (χ0n) is 12.0. The summed E-state index contributed by atoms with van der Waals surface area (Å²) in [6, 6.07) is 8.12. The molecular weight excluding hydrogens is 238 g/mol. The Balaban J connectivity index is 2.04. The topological polar surface area (TPSA) is 59.6 Å². The molecule has 0 bridgehead atoms. The van der Waals surface area contributed by atoms with Gasteiger partial charge in [-0.25, -0.2) is 0 Å². The molecule has 0 aliphatic rings. The lowest BCUT2D eigenvalue weighted by Crippen LogP contribution is -2.32. The molecule has 0 aromatic heterocycles. The van der Waals surface area contributed by atoms with Crippen LogP contribution in [-0.2, 0) is 0 Å². The highest BCUT2D eigenvalue weighted by Gasteiger charge is 1.94. The van der Waals surface area contributed by atoms with Crippen LogP contribution in [0.15, 0.2) is 29.3 Å². The second-order valence-corrected chi connectivity index (χ2v) is 4.56. The molecule has 0 amide bonds. The number of nitrogens with two attached hydrogens (primary N) is 1. The Morgan fingerprint density at radius 1 is 1.26 bits per heavy atom. The maximum absolute atomic E-state index is 5.69. The molecule has 0 saturated heterocycles. The van der Waals surface area contributed by atoms with E-state index in [1.165, 1.54) is 5.56 Å². The lowest BCUT2D eigenvalue weighted by Gasteiger charge is -2.07. The highest BCUT2D eigenvalue weighted by molar-refractivity contribution is 5.77. The number of aryl methyl sites for hydroxylation is 1. The van der Waals surface area contributed by atoms with E-state index in [9.17, 15) is 0 Å². The Bertz CT molecular complexity index is 373. The van der Waals surface area contributed by atoms with E-state index in [0.29, 0.717) is 5.96 Å². The minimum Gasteiger partial charge on any atom is -0.494 e. The van der Waals surface area contributed by atoms with E-state index in [2.05, 4.69) is 36.3 Å². The van der Waals surface area contributed by atoms with Gasteiger partial charge in [0.1, 0.15) is 5.75 Å². The monoisotopic (exact) mass is 263 g/mol. The summed E-state index contributed by atoms with van der Waals surface area (Å²) in [5.41, 5.74) is 6.94. The van der Waals surface area contributed by atoms with Gasteiger partial charge < -0.3 is 15.8 Å². The molecule has 0 saturated carbocycles. The molecule has 0 fully saturated rings. The van der Waals surface area contributed by atoms with Gasteiger partial charge in [-0.2, -0.15) is 0 Å². The molecular formula is C15H25N3O. The van der Waals surface area contributed by atoms with E-state index in [0.717, 1.165) is 44.7 Å². The zero-order chi connectivity index (χ0) is 13.9. The summed E-state index contributed by atoms with van der Waals surface area (Å²) in [4.78, 5) is 4.17. The third-order valence-corrected chi connectivity index (χ3v) is 2.67. The highest BCUT2D eigenvalue weighted by Crippen LogP contribution is 2.11. The fraction of sp³-hybridized carbons (Fsp3) is 0.533. The first-order chi connectivity index (χ1) is 9.22. The van der Waals surface area contributed by atoms with Gasteiger partial charge in [0.05, 0.1) is 6.61 Å². The average Bonchev–Trinajstić information content (AvgIpc) is 2.42. The number of aliphatic imine (C=N–C) groups is 1. The number of guanidine groups is 1. The summed E-state index contributed by atoms with van der Waals surface area (Å²) in [6.45, 7) is 6.52. The minimum atomic E-state index is 0.543. The molecule has 4 nitrogen and oxygen atoms in total. The first kappa shape index (κ1) is 15.3. The van der Waals surface area contributed by atoms with Crippen molar-refractivity contribution >= 4 is 5.96 Å². The van der Waals surface area contributed by atoms with Crippen LogP contribution in [0.2, 0.25) is 0 Å². The quantitative estimate of drug-likeness (QED) is 0.430. The number of hydrogen-bond donors (Lipinski definition) is 2. The van der Waals surface area contributed by atoms with Crippen molar-refractivity contribution in [3.8, 4) is 5.75 Å². The second kappa shape index (κ2) is 9.25. The molecule has 0 heterocycles. The van der Waals surface area contributed by atoms with E-state index in [-0.39, 0.29) is 0 Å². The summed E-state index contributed by atoms with van der Waals surface area (Å²) >= 11 is 0. The van der Waals surface area contributed by atoms with E-state index in [1.54, 1.807) is 0 Å². The normalized spacial score (nSPS) is 11.4. The molecule has 3 N–H and O–H groups in total. The van der Waals surface area contributed by atoms with Crippen molar-refractivity contribution < 1.29 is 4.74 Å². The van der Waals surface area contributed by atoms with Gasteiger partial charge in [-0.3, -0.25) is 4.99 Å². The smallest absolute Gasteiger partial charge is 0.188 e. The van der Waals surface area contributed by atoms with Crippen molar-refractivity contribution in [3.63, 3.8) is 0 Å². The van der Waals surface area contributed by atoms with Gasteiger partial charge in [0.2, 0.25) is 0 Å². The van der Waals surface area contributed by atoms with Gasteiger partial charge in [-0.1, -0.05) is 24.6 Å². The highest BCUT2D eigenvalue weighted by atomic mass is 16.5. The van der Waals surface area contributed by atoms with Crippen LogP contribution in [0.5, 0.6) is 5.75 Å². The Morgan fingerprint density at radius 3 is 2.68 bits per heavy atom. The third-order valence-electron chi connectivity index (χ3n) is 2.67. The molecule has 1 aromatic carbocycles. The van der Waals surface area contributed by atoms with Gasteiger partial charge in [0.25, 0.3) is 0 Å². The van der Waals surface area contributed by atoms with Gasteiger partial charge in [0.15, 0.2) is 5.96 Å². The molecule has 0 atom stereocenters. The zero-order valence-corrected chi connectivity index (χ0v) is 12.0. The van der Waals surface area contributed by atoms with Crippen LogP contribution in [0.25, 0.3) is 0 Å². The standard InChI is InChI=1S/C15H25N3O/c1-3-10-17-15(16)18-11-4-5-12-19-14-8-6-13(2)7-9-14/h6-9H,3-5,10-12H2,1-2H3,(H3,16,17,18). The van der Waals surface area contributed by atoms with E-state index in [1.807, 2.05) is 12.1 Å². The molecule has 4 heteroatoms. The van der Waals surface area contributed by atoms with Gasteiger partial charge in [0, 0.05) is 13.1 Å². The van der Waals surface area contributed by atoms with Crippen LogP contribution in [0, 0.1) is 6.92 Å². The lowest BCUT2D eigenvalue weighted by atomic mass is 10.2. The first-order valence-corrected chi connectivity index (χ1v) is 6.95. The number of nitrogens with one attached hydrogen (secondary N) is 1. The SMILES string of the molecule is CCCN=C(N)NCCCCOc1ccc(C)cc1. The lowest BCUT2D eigenvalue weighted by molar-refractivity contribution is 0.307. The number of unbranched alkanes of at least 4 members (excludes halogenated alkanes) is 1. The summed E-state index contributed by atoms with van der Waals surface area (Å²) in [5.74, 6) is 1.48. The summed E-state index contributed by atoms with van der Waals surface area (Å²) in [7, 11) is 0. The Morgan fingerprint density at radius 2 is 2.00 bits per heavy atom. The number of benzene rings is 1. The van der Waals surface area contributed by atoms with Crippen molar-refractivity contribution in [3.05, 3.63) is 29.8 Å². The van der Waals surface area contributed by atoms with E-state index < -0.39 is 0 Å². The maximum Gasteiger partial charge on any atom is 0.188 e. The van der Waals surface area contributed by atoms with Crippen LogP contribution in [0.1, 0.15) is 31.7 Å². The van der Waals surface area contributed by atoms with Crippen LogP contribution in [0.4, 0.5) is 0 Å². The van der Waals surface area contributed by atoms with Crippen LogP contribution in [-0.4, -0.2) is 25.7 Å². The molecule has 19 heavy (non-hydrogen) atoms. The summed E-state index contributed by atoms with van der Waals surface area (Å²) in [5, 5.41) is 3.10. The molecule has 0 aliphatic carbocycles. The maximum atomic E-state index is 5.69. The average molecular weight is 263 g/mol. The van der Waals surface area contributed by atoms with Crippen molar-refractivity contribution in [2.75, 3.05) is 19.7 Å². The van der Waals surface area contributed by atoms with E-state index in [4.69, 9.17) is 10.5 Å². The molecule has 0 radical (unpaired) electrons. The largest absolute Gasteiger partial charge is 0.494 e. The predicted molar refractivity (Wildman–Crippen MR) is 80.7 cm³/mol. The first-order valence-electron chi connectivity index (χ1n) is 6.95. The number of ether oxygens (including phenoxy) is 1. The van der Waals surface area contributed by atoms with Gasteiger partial charge in [-0.15, -0.1) is 0 Å². The van der Waals surface area contributed by atoms with Crippen LogP contribution >= 0.6 is 0 Å². The van der Waals surface area contributed by atoms with Crippen LogP contribution < -0.4 is 15.8 Å². The molecule has 1 aromatic rings. The van der Waals surface area contributed by atoms with Crippen molar-refractivity contribution in [2.24, 2.45) is 10.7 Å². The summed E-state index contributed by atoms with van der Waals surface area (Å²) < 4.78 is 5.64. The number of rotatable bonds is 8. The second-order valence-electron chi connectivity index (χ2n) is 4.56. The van der Waals surface area contributed by atoms with Gasteiger partial charge >= 0.3 is 0 Å². The minimum absolute atomic E-state index is 0.543. The van der Waals surface area contributed by atoms with Gasteiger partial charge in [-0.05, 0) is 38.3 Å². The Hall–Kier alpha value is -1.71. The Kier molecular flexibility index (Phi) is 7.47. The van der Waals surface area contributed by atoms with Crippen LogP contribution in [0.3, 0.4) is 0 Å². The van der Waals surface area contributed by atoms with E-state index >= 15 is 0 Å². The number of hydrogen-bond acceptors (Lipinski definition) is 2. The third kappa shape index (κ3) is 7.34. The molecule has 1 rings (SSSR count). The molecule has 0 spiro atoms. The fourth-order valence-electron chi connectivity index (χ4n) is 1.56. The Labute approximate surface area is 116 Å². The number of nitrogens with zero attached hydrogens (tertiary/aromatic N) is 1. The fourth-order valence-corrected chi connectivity index (χ4v) is 1.56. The van der Waals surface area contributed by atoms with Crippen molar-refractivity contribution in [1.29, 1.82) is 0 Å². The molecule has 0 aliphatic heterocycles. The predicted octanol–water partition coefficient (Wildman–Crippen LogP) is 2.47. The molecule has 0 unspecified atom stereocenters. The van der Waals surface area contributed by atoms with Crippen molar-refractivity contribution in [2.45, 2.75) is 33.1 Å². The molecule has 106 valence electrons. The summed E-state index contributed by atoms with van der Waals surface area (Å²) in [6.07, 6.45) is 3.04. The van der Waals surface area contributed by atoms with Crippen molar-refractivity contribution in [1.82, 2.24) is 5.32 Å².